The van der Waals surface area contributed by atoms with Crippen LogP contribution in [0.3, 0.4) is 0 Å². The lowest BCUT2D eigenvalue weighted by molar-refractivity contribution is -0.119. The van der Waals surface area contributed by atoms with E-state index in [4.69, 9.17) is 20.8 Å². The van der Waals surface area contributed by atoms with Gasteiger partial charge in [0.15, 0.2) is 6.61 Å². The Hall–Kier alpha value is -2.79. The summed E-state index contributed by atoms with van der Waals surface area (Å²) in [6.45, 7) is 3.40. The van der Waals surface area contributed by atoms with Crippen LogP contribution in [0.4, 0.5) is 5.69 Å². The molecule has 3 aromatic rings. The third kappa shape index (κ3) is 3.83. The lowest BCUT2D eigenvalue weighted by Gasteiger charge is -2.11. The van der Waals surface area contributed by atoms with E-state index in [2.05, 4.69) is 5.32 Å². The highest BCUT2D eigenvalue weighted by Gasteiger charge is 2.16. The summed E-state index contributed by atoms with van der Waals surface area (Å²) in [5.74, 6) is -1.09. The molecule has 5 nitrogen and oxygen atoms in total. The largest absolute Gasteiger partial charge is 0.450 e. The van der Waals surface area contributed by atoms with E-state index in [1.165, 1.54) is 6.07 Å². The normalized spacial score (nSPS) is 10.7. The maximum Gasteiger partial charge on any atom is 0.374 e. The Morgan fingerprint density at radius 2 is 1.84 bits per heavy atom. The summed E-state index contributed by atoms with van der Waals surface area (Å²) >= 11 is 5.90. The minimum atomic E-state index is -0.705. The zero-order valence-electron chi connectivity index (χ0n) is 13.8. The molecule has 0 saturated heterocycles. The molecule has 0 saturated carbocycles. The maximum absolute atomic E-state index is 12.1. The van der Waals surface area contributed by atoms with Gasteiger partial charge >= 0.3 is 5.97 Å². The molecule has 25 heavy (non-hydrogen) atoms. The Balaban J connectivity index is 1.64. The minimum Gasteiger partial charge on any atom is -0.450 e. The lowest BCUT2D eigenvalue weighted by atomic mass is 10.1. The lowest BCUT2D eigenvalue weighted by Crippen LogP contribution is -2.21. The number of hydrogen-bond donors (Lipinski definition) is 1. The molecule has 2 aromatic carbocycles. The number of carbonyl (C=O) groups excluding carboxylic acids is 2. The number of furan rings is 1. The van der Waals surface area contributed by atoms with Gasteiger partial charge in [-0.3, -0.25) is 4.79 Å². The van der Waals surface area contributed by atoms with Crippen molar-refractivity contribution in [3.05, 3.63) is 64.4 Å². The second-order valence-corrected chi connectivity index (χ2v) is 6.12. The quantitative estimate of drug-likeness (QED) is 0.698. The number of amides is 1. The first-order chi connectivity index (χ1) is 11.9. The summed E-state index contributed by atoms with van der Waals surface area (Å²) < 4.78 is 10.4. The van der Waals surface area contributed by atoms with Gasteiger partial charge in [0, 0.05) is 16.1 Å². The third-order valence-electron chi connectivity index (χ3n) is 3.76. The molecule has 1 amide bonds. The van der Waals surface area contributed by atoms with Crippen LogP contribution < -0.4 is 5.32 Å². The van der Waals surface area contributed by atoms with Gasteiger partial charge in [-0.15, -0.1) is 0 Å². The van der Waals surface area contributed by atoms with E-state index >= 15 is 0 Å². The number of carbonyl (C=O) groups is 2. The van der Waals surface area contributed by atoms with Crippen molar-refractivity contribution in [2.75, 3.05) is 11.9 Å². The standard InChI is InChI=1S/C19H16ClNO4/c1-11-4-3-5-12(2)18(11)21-17(22)10-24-19(23)16-9-13-8-14(20)6-7-15(13)25-16/h3-9H,10H2,1-2H3,(H,21,22). The van der Waals surface area contributed by atoms with E-state index in [0.29, 0.717) is 16.0 Å². The van der Waals surface area contributed by atoms with E-state index in [0.717, 1.165) is 16.8 Å². The van der Waals surface area contributed by atoms with Crippen LogP contribution in [-0.2, 0) is 9.53 Å². The molecule has 0 bridgehead atoms. The molecule has 3 rings (SSSR count). The first-order valence-electron chi connectivity index (χ1n) is 7.66. The van der Waals surface area contributed by atoms with E-state index in [1.807, 2.05) is 32.0 Å². The Labute approximate surface area is 149 Å². The van der Waals surface area contributed by atoms with Crippen molar-refractivity contribution in [1.29, 1.82) is 0 Å². The second-order valence-electron chi connectivity index (χ2n) is 5.68. The Kier molecular flexibility index (Phi) is 4.76. The molecule has 0 atom stereocenters. The van der Waals surface area contributed by atoms with E-state index in [9.17, 15) is 9.59 Å². The Morgan fingerprint density at radius 1 is 1.12 bits per heavy atom. The maximum atomic E-state index is 12.1. The molecule has 0 spiro atoms. The smallest absolute Gasteiger partial charge is 0.374 e. The highest BCUT2D eigenvalue weighted by Crippen LogP contribution is 2.23. The predicted molar refractivity (Wildman–Crippen MR) is 96.1 cm³/mol. The first-order valence-corrected chi connectivity index (χ1v) is 8.04. The number of esters is 1. The van der Waals surface area contributed by atoms with Crippen LogP contribution >= 0.6 is 11.6 Å². The molecule has 1 heterocycles. The van der Waals surface area contributed by atoms with Gasteiger partial charge in [0.05, 0.1) is 0 Å². The fourth-order valence-electron chi connectivity index (χ4n) is 2.50. The first kappa shape index (κ1) is 17.0. The molecule has 0 aliphatic carbocycles. The molecule has 0 unspecified atom stereocenters. The van der Waals surface area contributed by atoms with Crippen molar-refractivity contribution in [3.8, 4) is 0 Å². The average molecular weight is 358 g/mol. The summed E-state index contributed by atoms with van der Waals surface area (Å²) in [5.41, 5.74) is 3.13. The Morgan fingerprint density at radius 3 is 2.56 bits per heavy atom. The fraction of sp³-hybridized carbons (Fsp3) is 0.158. The van der Waals surface area contributed by atoms with Crippen LogP contribution in [0.5, 0.6) is 0 Å². The van der Waals surface area contributed by atoms with Gasteiger partial charge in [-0.25, -0.2) is 4.79 Å². The number of ether oxygens (including phenoxy) is 1. The number of halogens is 1. The second kappa shape index (κ2) is 6.99. The van der Waals surface area contributed by atoms with Gasteiger partial charge in [0.1, 0.15) is 5.58 Å². The van der Waals surface area contributed by atoms with Crippen LogP contribution in [0.1, 0.15) is 21.7 Å². The van der Waals surface area contributed by atoms with Gasteiger partial charge in [-0.2, -0.15) is 0 Å². The number of para-hydroxylation sites is 1. The predicted octanol–water partition coefficient (Wildman–Crippen LogP) is 4.50. The van der Waals surface area contributed by atoms with Crippen LogP contribution in [0.25, 0.3) is 11.0 Å². The SMILES string of the molecule is Cc1cccc(C)c1NC(=O)COC(=O)c1cc2cc(Cl)ccc2o1. The third-order valence-corrected chi connectivity index (χ3v) is 3.99. The zero-order chi connectivity index (χ0) is 18.0. The zero-order valence-corrected chi connectivity index (χ0v) is 14.5. The number of benzene rings is 2. The van der Waals surface area contributed by atoms with Gasteiger partial charge in [-0.05, 0) is 49.2 Å². The van der Waals surface area contributed by atoms with Crippen LogP contribution in [0.15, 0.2) is 46.9 Å². The number of anilines is 1. The van der Waals surface area contributed by atoms with Crippen molar-refractivity contribution in [2.24, 2.45) is 0 Å². The number of rotatable bonds is 4. The molecule has 6 heteroatoms. The van der Waals surface area contributed by atoms with Gasteiger partial charge in [0.2, 0.25) is 5.76 Å². The van der Waals surface area contributed by atoms with Crippen molar-refractivity contribution < 1.29 is 18.7 Å². The summed E-state index contributed by atoms with van der Waals surface area (Å²) in [7, 11) is 0. The molecule has 1 N–H and O–H groups in total. The van der Waals surface area contributed by atoms with Gasteiger partial charge < -0.3 is 14.5 Å². The summed E-state index contributed by atoms with van der Waals surface area (Å²) in [6, 6.07) is 12.3. The monoisotopic (exact) mass is 357 g/mol. The number of aryl methyl sites for hydroxylation is 2. The van der Waals surface area contributed by atoms with Crippen LogP contribution in [-0.4, -0.2) is 18.5 Å². The number of nitrogens with one attached hydrogen (secondary N) is 1. The molecular weight excluding hydrogens is 342 g/mol. The molecular formula is C19H16ClNO4. The average Bonchev–Trinajstić information content (AvgIpc) is 2.99. The summed E-state index contributed by atoms with van der Waals surface area (Å²) in [5, 5.41) is 3.99. The molecule has 0 radical (unpaired) electrons. The van der Waals surface area contributed by atoms with Gasteiger partial charge in [0.25, 0.3) is 5.91 Å². The highest BCUT2D eigenvalue weighted by atomic mass is 35.5. The minimum absolute atomic E-state index is 0.0251. The number of hydrogen-bond acceptors (Lipinski definition) is 4. The fourth-order valence-corrected chi connectivity index (χ4v) is 2.68. The van der Waals surface area contributed by atoms with E-state index in [-0.39, 0.29) is 5.76 Å². The van der Waals surface area contributed by atoms with Crippen molar-refractivity contribution in [1.82, 2.24) is 0 Å². The molecule has 0 aliphatic heterocycles. The molecule has 1 aromatic heterocycles. The van der Waals surface area contributed by atoms with Gasteiger partial charge in [-0.1, -0.05) is 29.8 Å². The van der Waals surface area contributed by atoms with E-state index in [1.54, 1.807) is 18.2 Å². The Bertz CT molecular complexity index is 941. The number of fused-ring (bicyclic) bond motifs is 1. The van der Waals surface area contributed by atoms with E-state index < -0.39 is 18.5 Å². The molecule has 0 aliphatic rings. The summed E-state index contributed by atoms with van der Waals surface area (Å²) in [4.78, 5) is 24.1. The highest BCUT2D eigenvalue weighted by molar-refractivity contribution is 6.31. The van der Waals surface area contributed by atoms with Crippen LogP contribution in [0, 0.1) is 13.8 Å². The molecule has 128 valence electrons. The van der Waals surface area contributed by atoms with Crippen LogP contribution in [0.2, 0.25) is 5.02 Å². The van der Waals surface area contributed by atoms with Crippen molar-refractivity contribution in [3.63, 3.8) is 0 Å². The van der Waals surface area contributed by atoms with Crippen molar-refractivity contribution in [2.45, 2.75) is 13.8 Å². The summed E-state index contributed by atoms with van der Waals surface area (Å²) in [6.07, 6.45) is 0. The van der Waals surface area contributed by atoms with Crippen molar-refractivity contribution >= 4 is 40.1 Å². The molecule has 0 fully saturated rings. The topological polar surface area (TPSA) is 68.5 Å².